The average molecular weight is 470 g/mol. The molecule has 0 saturated carbocycles. The third kappa shape index (κ3) is 4.10. The van der Waals surface area contributed by atoms with Gasteiger partial charge in [0.05, 0.1) is 36.0 Å². The van der Waals surface area contributed by atoms with E-state index in [0.29, 0.717) is 46.7 Å². The molecule has 2 amide bonds. The van der Waals surface area contributed by atoms with Gasteiger partial charge in [-0.3, -0.25) is 24.4 Å². The first-order valence-corrected chi connectivity index (χ1v) is 11.1. The molecule has 1 N–H and O–H groups in total. The van der Waals surface area contributed by atoms with Crippen LogP contribution >= 0.6 is 0 Å². The molecule has 10 nitrogen and oxygen atoms in total. The number of aromatic amines is 1. The number of amides is 2. The Morgan fingerprint density at radius 2 is 1.69 bits per heavy atom. The van der Waals surface area contributed by atoms with Gasteiger partial charge in [-0.25, -0.2) is 4.98 Å². The molecular formula is C25H22N6O4. The lowest BCUT2D eigenvalue weighted by Crippen LogP contribution is -2.52. The highest BCUT2D eigenvalue weighted by Crippen LogP contribution is 2.34. The highest BCUT2D eigenvalue weighted by atomic mass is 16.5. The molecule has 0 radical (unpaired) electrons. The van der Waals surface area contributed by atoms with Gasteiger partial charge >= 0.3 is 0 Å². The maximum absolute atomic E-state index is 13.3. The van der Waals surface area contributed by atoms with E-state index in [1.807, 2.05) is 18.2 Å². The summed E-state index contributed by atoms with van der Waals surface area (Å²) < 4.78 is 5.44. The lowest BCUT2D eigenvalue weighted by atomic mass is 10.1. The minimum atomic E-state index is -0.659. The van der Waals surface area contributed by atoms with Crippen molar-refractivity contribution in [2.45, 2.75) is 0 Å². The second-order valence-corrected chi connectivity index (χ2v) is 8.00. The summed E-state index contributed by atoms with van der Waals surface area (Å²) in [5, 5.41) is 0.458. The summed E-state index contributed by atoms with van der Waals surface area (Å²) in [4.78, 5) is 58.1. The number of methoxy groups -OCH3 is 1. The van der Waals surface area contributed by atoms with Crippen LogP contribution in [0.15, 0.2) is 61.3 Å². The first-order valence-electron chi connectivity index (χ1n) is 11.1. The number of piperazine rings is 1. The van der Waals surface area contributed by atoms with Crippen molar-refractivity contribution in [1.29, 1.82) is 0 Å². The van der Waals surface area contributed by atoms with Crippen molar-refractivity contribution in [2.75, 3.05) is 33.3 Å². The van der Waals surface area contributed by atoms with Crippen molar-refractivity contribution in [3.8, 4) is 17.1 Å². The fourth-order valence-electron chi connectivity index (χ4n) is 4.20. The highest BCUT2D eigenvalue weighted by molar-refractivity contribution is 6.45. The van der Waals surface area contributed by atoms with Crippen molar-refractivity contribution >= 4 is 28.5 Å². The summed E-state index contributed by atoms with van der Waals surface area (Å²) in [6, 6.07) is 9.00. The van der Waals surface area contributed by atoms with Gasteiger partial charge in [0.2, 0.25) is 0 Å². The van der Waals surface area contributed by atoms with Crippen LogP contribution in [0.4, 0.5) is 0 Å². The van der Waals surface area contributed by atoms with E-state index in [1.54, 1.807) is 35.6 Å². The van der Waals surface area contributed by atoms with Crippen molar-refractivity contribution in [3.63, 3.8) is 0 Å². The molecule has 1 aliphatic heterocycles. The van der Waals surface area contributed by atoms with Crippen molar-refractivity contribution < 1.29 is 19.1 Å². The Kier molecular flexibility index (Phi) is 5.92. The summed E-state index contributed by atoms with van der Waals surface area (Å²) in [6.07, 6.45) is 7.66. The highest BCUT2D eigenvalue weighted by Gasteiger charge is 2.31. The quantitative estimate of drug-likeness (QED) is 0.351. The fraction of sp³-hybridized carbons (Fsp3) is 0.200. The maximum Gasteiger partial charge on any atom is 0.295 e. The Balaban J connectivity index is 1.37. The van der Waals surface area contributed by atoms with Gasteiger partial charge in [0.15, 0.2) is 0 Å². The number of H-pyrrole nitrogens is 1. The smallest absolute Gasteiger partial charge is 0.295 e. The van der Waals surface area contributed by atoms with Crippen LogP contribution < -0.4 is 4.74 Å². The third-order valence-corrected chi connectivity index (χ3v) is 6.01. The molecule has 0 bridgehead atoms. The van der Waals surface area contributed by atoms with E-state index >= 15 is 0 Å². The summed E-state index contributed by atoms with van der Waals surface area (Å²) in [6.45, 7) is 1.25. The molecule has 0 unspecified atom stereocenters. The number of benzene rings is 1. The SMILES string of the molecule is COc1cnc(-c2cnccn2)c2[nH]cc(C(=O)C(=O)N3CCN(C(=O)c4ccccc4)CC3)c12. The van der Waals surface area contributed by atoms with E-state index in [9.17, 15) is 14.4 Å². The standard InChI is InChI=1S/C25H22N6O4/c1-35-19-15-29-21(18-14-26-7-8-27-18)22-20(19)17(13-28-22)23(32)25(34)31-11-9-30(10-12-31)24(33)16-5-3-2-4-6-16/h2-8,13-15,28H,9-12H2,1H3. The topological polar surface area (TPSA) is 121 Å². The van der Waals surface area contributed by atoms with Crippen molar-refractivity contribution in [1.82, 2.24) is 29.7 Å². The van der Waals surface area contributed by atoms with Crippen LogP contribution in [-0.4, -0.2) is 80.6 Å². The van der Waals surface area contributed by atoms with E-state index in [-0.39, 0.29) is 24.6 Å². The Labute approximate surface area is 200 Å². The van der Waals surface area contributed by atoms with Crippen LogP contribution in [0.5, 0.6) is 5.75 Å². The third-order valence-electron chi connectivity index (χ3n) is 6.01. The number of hydrogen-bond acceptors (Lipinski definition) is 7. The molecular weight excluding hydrogens is 448 g/mol. The molecule has 5 rings (SSSR count). The Morgan fingerprint density at radius 3 is 2.37 bits per heavy atom. The van der Waals surface area contributed by atoms with Crippen LogP contribution in [0, 0.1) is 0 Å². The monoisotopic (exact) mass is 470 g/mol. The zero-order chi connectivity index (χ0) is 24.4. The lowest BCUT2D eigenvalue weighted by molar-refractivity contribution is -0.127. The first kappa shape index (κ1) is 22.2. The van der Waals surface area contributed by atoms with Crippen LogP contribution in [0.1, 0.15) is 20.7 Å². The molecule has 4 aromatic rings. The van der Waals surface area contributed by atoms with Gasteiger partial charge in [-0.2, -0.15) is 0 Å². The molecule has 0 aliphatic carbocycles. The molecule has 4 heterocycles. The number of ether oxygens (including phenoxy) is 1. The second-order valence-electron chi connectivity index (χ2n) is 8.00. The number of rotatable bonds is 5. The second kappa shape index (κ2) is 9.34. The zero-order valence-electron chi connectivity index (χ0n) is 19.0. The number of aromatic nitrogens is 4. The van der Waals surface area contributed by atoms with E-state index in [0.717, 1.165) is 0 Å². The molecule has 3 aromatic heterocycles. The number of ketones is 1. The molecule has 1 fully saturated rings. The molecule has 1 aliphatic rings. The minimum Gasteiger partial charge on any atom is -0.494 e. The number of nitrogens with one attached hydrogen (secondary N) is 1. The Hall–Kier alpha value is -4.60. The molecule has 1 aromatic carbocycles. The van der Waals surface area contributed by atoms with Crippen molar-refractivity contribution in [2.24, 2.45) is 0 Å². The predicted octanol–water partition coefficient (Wildman–Crippen LogP) is 2.20. The van der Waals surface area contributed by atoms with Gasteiger partial charge < -0.3 is 19.5 Å². The van der Waals surface area contributed by atoms with E-state index in [1.165, 1.54) is 24.4 Å². The average Bonchev–Trinajstić information content (AvgIpc) is 3.38. The van der Waals surface area contributed by atoms with Crippen LogP contribution in [0.3, 0.4) is 0 Å². The number of nitrogens with zero attached hydrogens (tertiary/aromatic N) is 5. The van der Waals surface area contributed by atoms with Crippen LogP contribution in [0.25, 0.3) is 22.3 Å². The Morgan fingerprint density at radius 1 is 0.943 bits per heavy atom. The van der Waals surface area contributed by atoms with Gasteiger partial charge in [-0.15, -0.1) is 0 Å². The number of hydrogen-bond donors (Lipinski definition) is 1. The van der Waals surface area contributed by atoms with Gasteiger partial charge in [-0.05, 0) is 12.1 Å². The summed E-state index contributed by atoms with van der Waals surface area (Å²) in [7, 11) is 1.48. The Bertz CT molecular complexity index is 1400. The molecule has 176 valence electrons. The number of Topliss-reactive ketones (excluding diaryl/α,β-unsaturated/α-hetero) is 1. The first-order chi connectivity index (χ1) is 17.1. The molecule has 1 saturated heterocycles. The van der Waals surface area contributed by atoms with Crippen LogP contribution in [0.2, 0.25) is 0 Å². The summed E-state index contributed by atoms with van der Waals surface area (Å²) in [5.41, 5.74) is 2.33. The summed E-state index contributed by atoms with van der Waals surface area (Å²) >= 11 is 0. The number of carbonyl (C=O) groups excluding carboxylic acids is 3. The number of pyridine rings is 1. The number of fused-ring (bicyclic) bond motifs is 1. The maximum atomic E-state index is 13.3. The van der Waals surface area contributed by atoms with Gasteiger partial charge in [0.1, 0.15) is 17.1 Å². The van der Waals surface area contributed by atoms with E-state index < -0.39 is 11.7 Å². The minimum absolute atomic E-state index is 0.0885. The van der Waals surface area contributed by atoms with Gasteiger partial charge in [0.25, 0.3) is 17.6 Å². The lowest BCUT2D eigenvalue weighted by Gasteiger charge is -2.34. The van der Waals surface area contributed by atoms with Crippen molar-refractivity contribution in [3.05, 3.63) is 72.4 Å². The fourth-order valence-corrected chi connectivity index (χ4v) is 4.20. The summed E-state index contributed by atoms with van der Waals surface area (Å²) in [5.74, 6) is -1.01. The van der Waals surface area contributed by atoms with Crippen LogP contribution in [-0.2, 0) is 4.79 Å². The molecule has 0 spiro atoms. The molecule has 35 heavy (non-hydrogen) atoms. The largest absolute Gasteiger partial charge is 0.494 e. The van der Waals surface area contributed by atoms with Gasteiger partial charge in [0, 0.05) is 50.3 Å². The number of carbonyl (C=O) groups is 3. The molecule has 0 atom stereocenters. The van der Waals surface area contributed by atoms with E-state index in [4.69, 9.17) is 4.74 Å². The van der Waals surface area contributed by atoms with Gasteiger partial charge in [-0.1, -0.05) is 18.2 Å². The normalized spacial score (nSPS) is 13.6. The zero-order valence-corrected chi connectivity index (χ0v) is 19.0. The van der Waals surface area contributed by atoms with E-state index in [2.05, 4.69) is 19.9 Å². The predicted molar refractivity (Wildman–Crippen MR) is 127 cm³/mol. The molecule has 10 heteroatoms.